The Hall–Kier alpha value is -4.98. The lowest BCUT2D eigenvalue weighted by Gasteiger charge is -2.13. The van der Waals surface area contributed by atoms with E-state index in [1.54, 1.807) is 37.5 Å². The molecule has 0 unspecified atom stereocenters. The van der Waals surface area contributed by atoms with Crippen LogP contribution in [0.1, 0.15) is 28.4 Å². The average molecular weight is 537 g/mol. The third-order valence-electron chi connectivity index (χ3n) is 6.96. The Labute approximate surface area is 232 Å². The number of hydrogen-bond donors (Lipinski definition) is 3. The molecule has 0 atom stereocenters. The Bertz CT molecular complexity index is 1710. The molecule has 0 saturated heterocycles. The molecule has 0 aliphatic heterocycles. The van der Waals surface area contributed by atoms with Crippen molar-refractivity contribution in [3.8, 4) is 11.5 Å². The molecule has 2 aromatic heterocycles. The highest BCUT2D eigenvalue weighted by molar-refractivity contribution is 6.07. The van der Waals surface area contributed by atoms with Crippen molar-refractivity contribution in [2.24, 2.45) is 0 Å². The minimum absolute atomic E-state index is 0.149. The third-order valence-corrected chi connectivity index (χ3v) is 6.96. The molecule has 204 valence electrons. The van der Waals surface area contributed by atoms with Gasteiger partial charge >= 0.3 is 0 Å². The van der Waals surface area contributed by atoms with Crippen LogP contribution in [0.3, 0.4) is 0 Å². The number of rotatable bonds is 10. The van der Waals surface area contributed by atoms with E-state index in [1.807, 2.05) is 54.9 Å². The summed E-state index contributed by atoms with van der Waals surface area (Å²) in [5.41, 5.74) is 4.44. The van der Waals surface area contributed by atoms with Gasteiger partial charge < -0.3 is 29.7 Å². The van der Waals surface area contributed by atoms with Gasteiger partial charge in [-0.25, -0.2) is 0 Å². The molecule has 3 aromatic carbocycles. The zero-order chi connectivity index (χ0) is 28.1. The number of carbonyl (C=O) groups is 2. The van der Waals surface area contributed by atoms with Crippen molar-refractivity contribution in [1.29, 1.82) is 0 Å². The number of ether oxygens (including phenoxy) is 2. The molecular formula is C32H32N4O4. The summed E-state index contributed by atoms with van der Waals surface area (Å²) in [5, 5.41) is 7.86. The van der Waals surface area contributed by atoms with Crippen molar-refractivity contribution < 1.29 is 19.1 Å². The fraction of sp³-hybridized carbons (Fsp3) is 0.188. The molecule has 0 bridgehead atoms. The van der Waals surface area contributed by atoms with Gasteiger partial charge in [0.1, 0.15) is 17.2 Å². The average Bonchev–Trinajstić information content (AvgIpc) is 3.57. The molecule has 2 amide bonds. The molecule has 8 heteroatoms. The quantitative estimate of drug-likeness (QED) is 0.211. The third kappa shape index (κ3) is 5.42. The summed E-state index contributed by atoms with van der Waals surface area (Å²) in [6.07, 6.45) is 6.26. The lowest BCUT2D eigenvalue weighted by molar-refractivity contribution is -0.117. The maximum Gasteiger partial charge on any atom is 0.267 e. The van der Waals surface area contributed by atoms with E-state index in [4.69, 9.17) is 9.47 Å². The lowest BCUT2D eigenvalue weighted by Crippen LogP contribution is -2.35. The van der Waals surface area contributed by atoms with Crippen LogP contribution in [-0.2, 0) is 17.8 Å². The van der Waals surface area contributed by atoms with Crippen molar-refractivity contribution >= 4 is 39.7 Å². The number of methoxy groups -OCH3 is 2. The predicted octanol–water partition coefficient (Wildman–Crippen LogP) is 5.29. The van der Waals surface area contributed by atoms with Gasteiger partial charge in [-0.3, -0.25) is 9.59 Å². The molecule has 0 spiro atoms. The summed E-state index contributed by atoms with van der Waals surface area (Å²) in [7, 11) is 3.15. The Kier molecular flexibility index (Phi) is 7.87. The number of hydrogen-bond acceptors (Lipinski definition) is 4. The van der Waals surface area contributed by atoms with Crippen LogP contribution >= 0.6 is 0 Å². The van der Waals surface area contributed by atoms with Gasteiger partial charge in [0.15, 0.2) is 0 Å². The molecular weight excluding hydrogens is 504 g/mol. The number of carbonyl (C=O) groups excluding carboxylic acids is 2. The van der Waals surface area contributed by atoms with Crippen LogP contribution in [0.15, 0.2) is 84.8 Å². The summed E-state index contributed by atoms with van der Waals surface area (Å²) in [6, 6.07) is 20.8. The molecule has 0 saturated carbocycles. The largest absolute Gasteiger partial charge is 0.497 e. The lowest BCUT2D eigenvalue weighted by atomic mass is 10.1. The SMILES string of the molecule is CCn1cc(C=C(NC(=O)c2ccccc2OC)C(=O)NCCc2c[nH]c3ccc(OC)cc23)c2ccccc21. The second kappa shape index (κ2) is 11.8. The number of benzene rings is 3. The van der Waals surface area contributed by atoms with Crippen LogP contribution in [0.4, 0.5) is 0 Å². The standard InChI is InChI=1S/C32H32N4O4/c1-4-36-20-22(24-9-5-7-11-29(24)36)17-28(35-31(37)25-10-6-8-12-30(25)40-3)32(38)33-16-15-21-19-34-27-14-13-23(39-2)18-26(21)27/h5-14,17-20,34H,4,15-16H2,1-3H3,(H,33,38)(H,35,37). The van der Waals surface area contributed by atoms with E-state index in [1.165, 1.54) is 7.11 Å². The Morgan fingerprint density at radius 1 is 0.975 bits per heavy atom. The highest BCUT2D eigenvalue weighted by Gasteiger charge is 2.19. The number of para-hydroxylation sites is 2. The van der Waals surface area contributed by atoms with E-state index in [9.17, 15) is 9.59 Å². The van der Waals surface area contributed by atoms with E-state index in [0.717, 1.165) is 45.2 Å². The smallest absolute Gasteiger partial charge is 0.267 e. The number of aromatic nitrogens is 2. The minimum Gasteiger partial charge on any atom is -0.497 e. The van der Waals surface area contributed by atoms with Crippen molar-refractivity contribution in [2.45, 2.75) is 19.9 Å². The second-order valence-corrected chi connectivity index (χ2v) is 9.33. The summed E-state index contributed by atoms with van der Waals surface area (Å²) in [6.45, 7) is 3.22. The minimum atomic E-state index is -0.429. The topological polar surface area (TPSA) is 97.4 Å². The highest BCUT2D eigenvalue weighted by atomic mass is 16.5. The van der Waals surface area contributed by atoms with Gasteiger partial charge in [0.2, 0.25) is 0 Å². The van der Waals surface area contributed by atoms with Crippen molar-refractivity contribution in [1.82, 2.24) is 20.2 Å². The fourth-order valence-corrected chi connectivity index (χ4v) is 4.88. The molecule has 0 aliphatic rings. The maximum absolute atomic E-state index is 13.5. The molecule has 3 N–H and O–H groups in total. The molecule has 0 fully saturated rings. The number of nitrogens with zero attached hydrogens (tertiary/aromatic N) is 1. The summed E-state index contributed by atoms with van der Waals surface area (Å²) in [5.74, 6) is 0.390. The van der Waals surface area contributed by atoms with Gasteiger partial charge in [-0.1, -0.05) is 30.3 Å². The Balaban J connectivity index is 1.42. The van der Waals surface area contributed by atoms with Crippen molar-refractivity contribution in [2.75, 3.05) is 20.8 Å². The Morgan fingerprint density at radius 3 is 2.58 bits per heavy atom. The molecule has 40 heavy (non-hydrogen) atoms. The maximum atomic E-state index is 13.5. The first kappa shape index (κ1) is 26.6. The predicted molar refractivity (Wildman–Crippen MR) is 158 cm³/mol. The molecule has 0 aliphatic carbocycles. The van der Waals surface area contributed by atoms with E-state index < -0.39 is 5.91 Å². The first-order valence-corrected chi connectivity index (χ1v) is 13.2. The number of fused-ring (bicyclic) bond motifs is 2. The van der Waals surface area contributed by atoms with Gasteiger partial charge in [0.25, 0.3) is 11.8 Å². The number of amides is 2. The zero-order valence-electron chi connectivity index (χ0n) is 22.8. The van der Waals surface area contributed by atoms with Gasteiger partial charge in [0.05, 0.1) is 19.8 Å². The van der Waals surface area contributed by atoms with Gasteiger partial charge in [0, 0.05) is 52.9 Å². The molecule has 5 aromatic rings. The van der Waals surface area contributed by atoms with Crippen LogP contribution in [0.25, 0.3) is 27.9 Å². The monoisotopic (exact) mass is 536 g/mol. The number of H-pyrrole nitrogens is 1. The van der Waals surface area contributed by atoms with Crippen LogP contribution in [0.5, 0.6) is 11.5 Å². The summed E-state index contributed by atoms with van der Waals surface area (Å²) >= 11 is 0. The van der Waals surface area contributed by atoms with Crippen LogP contribution in [0.2, 0.25) is 0 Å². The van der Waals surface area contributed by atoms with E-state index >= 15 is 0 Å². The molecule has 5 rings (SSSR count). The number of nitrogens with one attached hydrogen (secondary N) is 3. The van der Waals surface area contributed by atoms with Crippen LogP contribution in [-0.4, -0.2) is 42.1 Å². The number of aryl methyl sites for hydroxylation is 1. The van der Waals surface area contributed by atoms with E-state index in [0.29, 0.717) is 24.3 Å². The summed E-state index contributed by atoms with van der Waals surface area (Å²) in [4.78, 5) is 30.1. The van der Waals surface area contributed by atoms with Crippen molar-refractivity contribution in [3.05, 3.63) is 102 Å². The van der Waals surface area contributed by atoms with Gasteiger partial charge in [-0.15, -0.1) is 0 Å². The van der Waals surface area contributed by atoms with Gasteiger partial charge in [-0.2, -0.15) is 0 Å². The van der Waals surface area contributed by atoms with Crippen LogP contribution in [0, 0.1) is 0 Å². The number of aromatic amines is 1. The normalized spacial score (nSPS) is 11.5. The highest BCUT2D eigenvalue weighted by Crippen LogP contribution is 2.25. The first-order chi connectivity index (χ1) is 19.5. The molecule has 8 nitrogen and oxygen atoms in total. The van der Waals surface area contributed by atoms with Gasteiger partial charge in [-0.05, 0) is 61.4 Å². The molecule has 2 heterocycles. The first-order valence-electron chi connectivity index (χ1n) is 13.2. The Morgan fingerprint density at radius 2 is 1.77 bits per heavy atom. The fourth-order valence-electron chi connectivity index (χ4n) is 4.88. The summed E-state index contributed by atoms with van der Waals surface area (Å²) < 4.78 is 12.8. The second-order valence-electron chi connectivity index (χ2n) is 9.33. The van der Waals surface area contributed by atoms with E-state index in [2.05, 4.69) is 27.1 Å². The van der Waals surface area contributed by atoms with E-state index in [-0.39, 0.29) is 11.6 Å². The zero-order valence-corrected chi connectivity index (χ0v) is 22.8. The molecule has 0 radical (unpaired) electrons. The van der Waals surface area contributed by atoms with Crippen LogP contribution < -0.4 is 20.1 Å². The van der Waals surface area contributed by atoms with Crippen molar-refractivity contribution in [3.63, 3.8) is 0 Å².